The summed E-state index contributed by atoms with van der Waals surface area (Å²) in [5.74, 6) is 2.18. The molecule has 0 bridgehead atoms. The Balaban J connectivity index is 1.12. The maximum atomic E-state index is 13.2. The van der Waals surface area contributed by atoms with Crippen molar-refractivity contribution in [2.45, 2.75) is 223 Å². The van der Waals surface area contributed by atoms with Crippen molar-refractivity contribution < 1.29 is 9.53 Å². The van der Waals surface area contributed by atoms with Crippen LogP contribution in [0.1, 0.15) is 216 Å². The summed E-state index contributed by atoms with van der Waals surface area (Å²) >= 11 is 0. The second-order valence-corrected chi connectivity index (χ2v) is 20.7. The van der Waals surface area contributed by atoms with Crippen molar-refractivity contribution in [1.82, 2.24) is 0 Å². The lowest BCUT2D eigenvalue weighted by Crippen LogP contribution is -2.64. The molecule has 4 unspecified atom stereocenters. The van der Waals surface area contributed by atoms with E-state index in [0.717, 1.165) is 24.7 Å². The van der Waals surface area contributed by atoms with Crippen LogP contribution in [0.3, 0.4) is 0 Å². The minimum atomic E-state index is 0.0312. The van der Waals surface area contributed by atoms with E-state index in [2.05, 4.69) is 68.4 Å². The predicted molar refractivity (Wildman–Crippen MR) is 205 cm³/mol. The summed E-state index contributed by atoms with van der Waals surface area (Å²) in [5.41, 5.74) is 3.87. The van der Waals surface area contributed by atoms with Crippen LogP contribution in [-0.4, -0.2) is 12.1 Å². The first-order chi connectivity index (χ1) is 22.6. The molecule has 0 amide bonds. The van der Waals surface area contributed by atoms with Gasteiger partial charge in [0.25, 0.3) is 0 Å². The number of carbonyl (C=O) groups is 1. The number of unbranched alkanes of at least 4 members (excludes halogenated alkanes) is 12. The van der Waals surface area contributed by atoms with E-state index in [1.165, 1.54) is 135 Å². The lowest BCUT2D eigenvalue weighted by Gasteiger charge is -2.71. The quantitative estimate of drug-likeness (QED) is 0.0989. The predicted octanol–water partition coefficient (Wildman–Crippen LogP) is 14.2. The zero-order valence-electron chi connectivity index (χ0n) is 33.7. The van der Waals surface area contributed by atoms with Crippen molar-refractivity contribution in [3.05, 3.63) is 11.6 Å². The van der Waals surface area contributed by atoms with Gasteiger partial charge < -0.3 is 4.74 Å². The van der Waals surface area contributed by atoms with Gasteiger partial charge in [0, 0.05) is 11.8 Å². The molecule has 0 aromatic rings. The summed E-state index contributed by atoms with van der Waals surface area (Å²) in [6.07, 6.45) is 34.0. The van der Waals surface area contributed by atoms with Gasteiger partial charge in [-0.15, -0.1) is 0 Å². The molecule has 0 saturated heterocycles. The first-order valence-corrected chi connectivity index (χ1v) is 21.5. The Hall–Kier alpha value is -0.790. The van der Waals surface area contributed by atoms with Crippen LogP contribution in [0.25, 0.3) is 0 Å². The summed E-state index contributed by atoms with van der Waals surface area (Å²) in [6.45, 7) is 23.0. The Labute approximate surface area is 299 Å². The van der Waals surface area contributed by atoms with Gasteiger partial charge >= 0.3 is 5.97 Å². The monoisotopic (exact) mass is 665 g/mol. The largest absolute Gasteiger partial charge is 0.462 e. The fourth-order valence-electron chi connectivity index (χ4n) is 13.2. The van der Waals surface area contributed by atoms with Gasteiger partial charge in [0.2, 0.25) is 0 Å². The second kappa shape index (κ2) is 15.1. The van der Waals surface area contributed by atoms with E-state index in [-0.39, 0.29) is 17.5 Å². The van der Waals surface area contributed by atoms with Crippen LogP contribution in [0.15, 0.2) is 11.6 Å². The average Bonchev–Trinajstić information content (AvgIpc) is 3.02. The van der Waals surface area contributed by atoms with Crippen LogP contribution in [0.2, 0.25) is 0 Å². The van der Waals surface area contributed by atoms with Gasteiger partial charge in [0.15, 0.2) is 0 Å². The Morgan fingerprint density at radius 1 is 0.688 bits per heavy atom. The van der Waals surface area contributed by atoms with E-state index in [0.29, 0.717) is 39.4 Å². The number of hydrogen-bond donors (Lipinski definition) is 0. The Kier molecular flexibility index (Phi) is 12.1. The lowest BCUT2D eigenvalue weighted by atomic mass is 9.33. The smallest absolute Gasteiger partial charge is 0.306 e. The number of rotatable bonds is 15. The van der Waals surface area contributed by atoms with E-state index in [1.54, 1.807) is 0 Å². The maximum absolute atomic E-state index is 13.2. The van der Waals surface area contributed by atoms with Gasteiger partial charge in [-0.3, -0.25) is 4.79 Å². The number of hydrogen-bond acceptors (Lipinski definition) is 2. The molecule has 276 valence electrons. The van der Waals surface area contributed by atoms with E-state index >= 15 is 0 Å². The fraction of sp³-hybridized carbons (Fsp3) is 0.935. The molecule has 2 nitrogen and oxygen atoms in total. The molecular formula is C46H80O2. The van der Waals surface area contributed by atoms with Gasteiger partial charge in [-0.2, -0.15) is 0 Å². The van der Waals surface area contributed by atoms with Crippen LogP contribution in [0.4, 0.5) is 0 Å². The highest BCUT2D eigenvalue weighted by atomic mass is 16.5. The van der Waals surface area contributed by atoms with Gasteiger partial charge in [0.1, 0.15) is 6.10 Å². The van der Waals surface area contributed by atoms with E-state index < -0.39 is 0 Å². The summed E-state index contributed by atoms with van der Waals surface area (Å²) in [5, 5.41) is 0. The molecule has 8 atom stereocenters. The highest BCUT2D eigenvalue weighted by Crippen LogP contribution is 2.75. The standard InChI is InChI=1S/C46H80O2/c1-10-11-12-13-14-15-16-17-18-19-20-21-22-23-40(47)48-39-27-28-44(7)37(42(39,4)5)26-29-46(9)38(44)25-24-35-36-34-41(2,3)30-31-43(36,6)32-33-45(35,46)8/h24,36-39H,10-23,25-34H2,1-9H3/t36?,37?,38?,39?,43-,44+,45-,46-/m1/s1. The summed E-state index contributed by atoms with van der Waals surface area (Å²) < 4.78 is 6.41. The fourth-order valence-corrected chi connectivity index (χ4v) is 13.2. The van der Waals surface area contributed by atoms with E-state index in [1.807, 2.05) is 5.57 Å². The molecule has 2 heteroatoms. The molecule has 5 aliphatic carbocycles. The zero-order chi connectivity index (χ0) is 34.8. The molecule has 48 heavy (non-hydrogen) atoms. The summed E-state index contributed by atoms with van der Waals surface area (Å²) in [7, 11) is 0. The SMILES string of the molecule is CCCCCCCCCCCCCCCC(=O)OC1CC[C@@]2(C)C(CC[C@]3(C)C2CC=C2C4CC(C)(C)CC[C@]4(C)CC[C@]23C)C1(C)C. The van der Waals surface area contributed by atoms with Crippen LogP contribution in [-0.2, 0) is 9.53 Å². The number of ether oxygens (including phenoxy) is 1. The molecule has 4 fully saturated rings. The molecule has 5 rings (SSSR count). The maximum Gasteiger partial charge on any atom is 0.306 e. The molecule has 5 aliphatic rings. The third-order valence-corrected chi connectivity index (χ3v) is 16.8. The number of fused-ring (bicyclic) bond motifs is 7. The zero-order valence-corrected chi connectivity index (χ0v) is 33.7. The molecule has 4 saturated carbocycles. The minimum Gasteiger partial charge on any atom is -0.462 e. The van der Waals surface area contributed by atoms with Crippen LogP contribution in [0.5, 0.6) is 0 Å². The first-order valence-electron chi connectivity index (χ1n) is 21.5. The number of esters is 1. The van der Waals surface area contributed by atoms with Crippen molar-refractivity contribution in [3.8, 4) is 0 Å². The average molecular weight is 665 g/mol. The van der Waals surface area contributed by atoms with Crippen molar-refractivity contribution in [2.24, 2.45) is 50.2 Å². The van der Waals surface area contributed by atoms with Crippen LogP contribution < -0.4 is 0 Å². The van der Waals surface area contributed by atoms with E-state index in [9.17, 15) is 4.79 Å². The topological polar surface area (TPSA) is 26.3 Å². The van der Waals surface area contributed by atoms with Crippen LogP contribution in [0, 0.1) is 50.2 Å². The third kappa shape index (κ3) is 7.41. The Morgan fingerprint density at radius 3 is 1.90 bits per heavy atom. The molecule has 0 spiro atoms. The molecule has 0 aliphatic heterocycles. The molecule has 0 aromatic heterocycles. The minimum absolute atomic E-state index is 0.0312. The van der Waals surface area contributed by atoms with Gasteiger partial charge in [-0.25, -0.2) is 0 Å². The van der Waals surface area contributed by atoms with Crippen molar-refractivity contribution in [3.63, 3.8) is 0 Å². The lowest BCUT2D eigenvalue weighted by molar-refractivity contribution is -0.212. The van der Waals surface area contributed by atoms with Gasteiger partial charge in [-0.05, 0) is 115 Å². The second-order valence-electron chi connectivity index (χ2n) is 20.7. The van der Waals surface area contributed by atoms with Crippen molar-refractivity contribution in [2.75, 3.05) is 0 Å². The molecular weight excluding hydrogens is 585 g/mol. The summed E-state index contributed by atoms with van der Waals surface area (Å²) in [4.78, 5) is 13.2. The molecule has 0 aromatic carbocycles. The van der Waals surface area contributed by atoms with Gasteiger partial charge in [-0.1, -0.05) is 151 Å². The van der Waals surface area contributed by atoms with E-state index in [4.69, 9.17) is 4.74 Å². The Morgan fingerprint density at radius 2 is 1.27 bits per heavy atom. The molecule has 0 N–H and O–H groups in total. The first kappa shape index (κ1) is 38.4. The highest BCUT2D eigenvalue weighted by molar-refractivity contribution is 5.69. The third-order valence-electron chi connectivity index (χ3n) is 16.8. The highest BCUT2D eigenvalue weighted by Gasteiger charge is 2.68. The van der Waals surface area contributed by atoms with Gasteiger partial charge in [0.05, 0.1) is 0 Å². The van der Waals surface area contributed by atoms with Crippen LogP contribution >= 0.6 is 0 Å². The Bertz CT molecular complexity index is 1120. The number of carbonyl (C=O) groups excluding carboxylic acids is 1. The molecule has 0 radical (unpaired) electrons. The normalized spacial score (nSPS) is 39.7. The summed E-state index contributed by atoms with van der Waals surface area (Å²) in [6, 6.07) is 0. The van der Waals surface area contributed by atoms with Crippen molar-refractivity contribution in [1.29, 1.82) is 0 Å². The molecule has 0 heterocycles. The number of allylic oxidation sites excluding steroid dienone is 2. The van der Waals surface area contributed by atoms with Crippen molar-refractivity contribution >= 4 is 5.97 Å².